The Hall–Kier alpha value is -2.54. The van der Waals surface area contributed by atoms with Crippen LogP contribution in [0.15, 0.2) is 36.9 Å². The van der Waals surface area contributed by atoms with Crippen LogP contribution in [0.25, 0.3) is 10.6 Å². The van der Waals surface area contributed by atoms with Gasteiger partial charge in [-0.2, -0.15) is 0 Å². The lowest BCUT2D eigenvalue weighted by Gasteiger charge is -2.34. The van der Waals surface area contributed by atoms with Crippen LogP contribution in [-0.2, 0) is 9.59 Å². The number of aryl methyl sites for hydroxylation is 1. The highest BCUT2D eigenvalue weighted by atomic mass is 32.1. The molecule has 0 aliphatic carbocycles. The van der Waals surface area contributed by atoms with Crippen LogP contribution in [0.4, 0.5) is 5.69 Å². The number of carbonyl (C=O) groups excluding carboxylic acids is 2. The molecule has 0 unspecified atom stereocenters. The predicted molar refractivity (Wildman–Crippen MR) is 107 cm³/mol. The standard InChI is InChI=1S/C20H24N4O2S/c1-3-4-11-18(25)24-12-6-5-10-17(24)19(26)21-16-9-7-8-15(13-16)20-23-22-14(2)27-20/h3,7-9,13,17H,1,4-6,10-12H2,2H3,(H,21,26)/t17-/m0/s1. The second kappa shape index (κ2) is 8.90. The number of aromatic nitrogens is 2. The van der Waals surface area contributed by atoms with Crippen molar-refractivity contribution in [2.45, 2.75) is 45.1 Å². The van der Waals surface area contributed by atoms with Gasteiger partial charge in [0.2, 0.25) is 11.8 Å². The van der Waals surface area contributed by atoms with Crippen LogP contribution in [0, 0.1) is 6.92 Å². The first kappa shape index (κ1) is 19.2. The van der Waals surface area contributed by atoms with Crippen molar-refractivity contribution in [1.82, 2.24) is 15.1 Å². The second-order valence-corrected chi connectivity index (χ2v) is 7.80. The summed E-state index contributed by atoms with van der Waals surface area (Å²) in [6.45, 7) is 6.21. The van der Waals surface area contributed by atoms with Crippen molar-refractivity contribution < 1.29 is 9.59 Å². The fraction of sp³-hybridized carbons (Fsp3) is 0.400. The van der Waals surface area contributed by atoms with E-state index in [-0.39, 0.29) is 11.8 Å². The number of benzene rings is 1. The summed E-state index contributed by atoms with van der Waals surface area (Å²) >= 11 is 1.51. The van der Waals surface area contributed by atoms with Crippen molar-refractivity contribution in [3.63, 3.8) is 0 Å². The van der Waals surface area contributed by atoms with Crippen LogP contribution < -0.4 is 5.32 Å². The van der Waals surface area contributed by atoms with Crippen molar-refractivity contribution in [2.75, 3.05) is 11.9 Å². The highest BCUT2D eigenvalue weighted by Gasteiger charge is 2.31. The fourth-order valence-electron chi connectivity index (χ4n) is 3.24. The Morgan fingerprint density at radius 3 is 2.96 bits per heavy atom. The number of carbonyl (C=O) groups is 2. The van der Waals surface area contributed by atoms with Gasteiger partial charge in [-0.05, 0) is 44.7 Å². The van der Waals surface area contributed by atoms with Crippen molar-refractivity contribution in [3.8, 4) is 10.6 Å². The molecule has 0 spiro atoms. The van der Waals surface area contributed by atoms with E-state index in [1.54, 1.807) is 11.0 Å². The number of piperidine rings is 1. The molecular weight excluding hydrogens is 360 g/mol. The Labute approximate surface area is 163 Å². The van der Waals surface area contributed by atoms with Crippen molar-refractivity contribution >= 4 is 28.8 Å². The van der Waals surface area contributed by atoms with E-state index in [2.05, 4.69) is 22.1 Å². The summed E-state index contributed by atoms with van der Waals surface area (Å²) in [5.74, 6) is -0.111. The zero-order chi connectivity index (χ0) is 19.2. The van der Waals surface area contributed by atoms with Crippen LogP contribution in [-0.4, -0.2) is 39.5 Å². The number of rotatable bonds is 6. The van der Waals surface area contributed by atoms with Gasteiger partial charge in [-0.25, -0.2) is 0 Å². The van der Waals surface area contributed by atoms with E-state index >= 15 is 0 Å². The molecule has 2 heterocycles. The summed E-state index contributed by atoms with van der Waals surface area (Å²) in [7, 11) is 0. The lowest BCUT2D eigenvalue weighted by molar-refractivity contribution is -0.140. The third-order valence-electron chi connectivity index (χ3n) is 4.59. The fourth-order valence-corrected chi connectivity index (χ4v) is 3.93. The normalized spacial score (nSPS) is 16.8. The maximum atomic E-state index is 12.9. The number of allylic oxidation sites excluding steroid dienone is 1. The number of nitrogens with zero attached hydrogens (tertiary/aromatic N) is 3. The van der Waals surface area contributed by atoms with Crippen LogP contribution in [0.2, 0.25) is 0 Å². The minimum absolute atomic E-state index is 0.0211. The number of hydrogen-bond donors (Lipinski definition) is 1. The maximum absolute atomic E-state index is 12.9. The smallest absolute Gasteiger partial charge is 0.247 e. The van der Waals surface area contributed by atoms with E-state index in [1.165, 1.54) is 11.3 Å². The zero-order valence-electron chi connectivity index (χ0n) is 15.5. The van der Waals surface area contributed by atoms with Crippen molar-refractivity contribution in [2.24, 2.45) is 0 Å². The third-order valence-corrected chi connectivity index (χ3v) is 5.48. The van der Waals surface area contributed by atoms with E-state index in [1.807, 2.05) is 31.2 Å². The Morgan fingerprint density at radius 2 is 2.22 bits per heavy atom. The monoisotopic (exact) mass is 384 g/mol. The van der Waals surface area contributed by atoms with Gasteiger partial charge >= 0.3 is 0 Å². The number of likely N-dealkylation sites (tertiary alicyclic amines) is 1. The van der Waals surface area contributed by atoms with E-state index in [9.17, 15) is 9.59 Å². The molecule has 2 amide bonds. The average Bonchev–Trinajstić information content (AvgIpc) is 3.12. The Morgan fingerprint density at radius 1 is 1.37 bits per heavy atom. The zero-order valence-corrected chi connectivity index (χ0v) is 16.3. The van der Waals surface area contributed by atoms with Gasteiger partial charge in [0.25, 0.3) is 0 Å². The minimum Gasteiger partial charge on any atom is -0.331 e. The number of amides is 2. The van der Waals surface area contributed by atoms with Gasteiger partial charge in [0.15, 0.2) is 0 Å². The molecule has 27 heavy (non-hydrogen) atoms. The minimum atomic E-state index is -0.413. The molecule has 0 bridgehead atoms. The highest BCUT2D eigenvalue weighted by molar-refractivity contribution is 7.14. The van der Waals surface area contributed by atoms with Gasteiger partial charge in [0.05, 0.1) is 0 Å². The molecule has 142 valence electrons. The molecule has 1 aliphatic heterocycles. The second-order valence-electron chi connectivity index (χ2n) is 6.62. The SMILES string of the molecule is C=CCCC(=O)N1CCCC[C@H]1C(=O)Nc1cccc(-c2nnc(C)s2)c1. The molecule has 6 nitrogen and oxygen atoms in total. The summed E-state index contributed by atoms with van der Waals surface area (Å²) in [4.78, 5) is 27.0. The first-order chi connectivity index (χ1) is 13.1. The lowest BCUT2D eigenvalue weighted by Crippen LogP contribution is -2.49. The predicted octanol–water partition coefficient (Wildman–Crippen LogP) is 3.80. The summed E-state index contributed by atoms with van der Waals surface area (Å²) in [6.07, 6.45) is 5.35. The van der Waals surface area contributed by atoms with Crippen molar-refractivity contribution in [1.29, 1.82) is 0 Å². The highest BCUT2D eigenvalue weighted by Crippen LogP contribution is 2.26. The number of nitrogens with one attached hydrogen (secondary N) is 1. The summed E-state index contributed by atoms with van der Waals surface area (Å²) in [6, 6.07) is 7.16. The van der Waals surface area contributed by atoms with Crippen LogP contribution >= 0.6 is 11.3 Å². The van der Waals surface area contributed by atoms with Gasteiger partial charge in [-0.3, -0.25) is 9.59 Å². The molecule has 0 saturated carbocycles. The molecule has 1 fully saturated rings. The maximum Gasteiger partial charge on any atom is 0.247 e. The Kier molecular flexibility index (Phi) is 6.34. The third kappa shape index (κ3) is 4.80. The molecule has 1 aromatic heterocycles. The van der Waals surface area contributed by atoms with E-state index in [4.69, 9.17) is 0 Å². The van der Waals surface area contributed by atoms with E-state index < -0.39 is 6.04 Å². The Balaban J connectivity index is 1.71. The first-order valence-electron chi connectivity index (χ1n) is 9.20. The van der Waals surface area contributed by atoms with Gasteiger partial charge in [0, 0.05) is 24.2 Å². The molecule has 3 rings (SSSR count). The molecule has 0 radical (unpaired) electrons. The molecule has 1 saturated heterocycles. The van der Waals surface area contributed by atoms with E-state index in [0.29, 0.717) is 31.5 Å². The average molecular weight is 385 g/mol. The molecule has 1 atom stereocenters. The number of hydrogen-bond acceptors (Lipinski definition) is 5. The summed E-state index contributed by atoms with van der Waals surface area (Å²) < 4.78 is 0. The quantitative estimate of drug-likeness (QED) is 0.769. The van der Waals surface area contributed by atoms with Crippen LogP contribution in [0.3, 0.4) is 0 Å². The molecule has 2 aromatic rings. The molecular formula is C20H24N4O2S. The van der Waals surface area contributed by atoms with Crippen LogP contribution in [0.5, 0.6) is 0 Å². The van der Waals surface area contributed by atoms with Gasteiger partial charge in [-0.1, -0.05) is 29.5 Å². The molecule has 1 aromatic carbocycles. The largest absolute Gasteiger partial charge is 0.331 e. The topological polar surface area (TPSA) is 75.2 Å². The molecule has 7 heteroatoms. The van der Waals surface area contributed by atoms with Crippen molar-refractivity contribution in [3.05, 3.63) is 41.9 Å². The van der Waals surface area contributed by atoms with Crippen LogP contribution in [0.1, 0.15) is 37.1 Å². The Bertz CT molecular complexity index is 833. The first-order valence-corrected chi connectivity index (χ1v) is 10.0. The van der Waals surface area contributed by atoms with Gasteiger partial charge in [-0.15, -0.1) is 16.8 Å². The van der Waals surface area contributed by atoms with Gasteiger partial charge < -0.3 is 10.2 Å². The van der Waals surface area contributed by atoms with E-state index in [0.717, 1.165) is 28.4 Å². The summed E-state index contributed by atoms with van der Waals surface area (Å²) in [5.41, 5.74) is 1.62. The molecule has 1 N–H and O–H groups in total. The molecule has 1 aliphatic rings. The van der Waals surface area contributed by atoms with Gasteiger partial charge in [0.1, 0.15) is 16.1 Å². The number of anilines is 1. The lowest BCUT2D eigenvalue weighted by atomic mass is 10.0. The summed E-state index contributed by atoms with van der Waals surface area (Å²) in [5, 5.41) is 12.9.